The summed E-state index contributed by atoms with van der Waals surface area (Å²) in [5, 5.41) is 3.01. The molecule has 6 unspecified atom stereocenters. The maximum Gasteiger partial charge on any atom is 0.223 e. The first kappa shape index (κ1) is 22.9. The summed E-state index contributed by atoms with van der Waals surface area (Å²) in [7, 11) is 0. The van der Waals surface area contributed by atoms with Crippen LogP contribution in [0.4, 0.5) is 0 Å². The van der Waals surface area contributed by atoms with Gasteiger partial charge in [-0.3, -0.25) is 14.5 Å². The summed E-state index contributed by atoms with van der Waals surface area (Å²) in [5.74, 6) is 2.25. The van der Waals surface area contributed by atoms with Gasteiger partial charge >= 0.3 is 0 Å². The summed E-state index contributed by atoms with van der Waals surface area (Å²) in [6, 6.07) is 7.36. The van der Waals surface area contributed by atoms with Crippen LogP contribution < -0.4 is 10.1 Å². The molecule has 6 atom stereocenters. The Bertz CT molecular complexity index is 914. The monoisotopic (exact) mass is 452 g/mol. The molecule has 0 spiro atoms. The summed E-state index contributed by atoms with van der Waals surface area (Å²) < 4.78 is 6.15. The largest absolute Gasteiger partial charge is 0.492 e. The summed E-state index contributed by atoms with van der Waals surface area (Å²) in [4.78, 5) is 28.4. The minimum atomic E-state index is -0.329. The van der Waals surface area contributed by atoms with Crippen molar-refractivity contribution in [3.8, 4) is 5.75 Å². The Balaban J connectivity index is 1.31. The van der Waals surface area contributed by atoms with Crippen LogP contribution in [0.3, 0.4) is 0 Å². The first-order chi connectivity index (χ1) is 15.9. The third kappa shape index (κ3) is 4.00. The number of ether oxygens (including phenoxy) is 1. The van der Waals surface area contributed by atoms with Gasteiger partial charge in [-0.05, 0) is 99.9 Å². The van der Waals surface area contributed by atoms with Crippen LogP contribution in [0.25, 0.3) is 0 Å². The number of likely N-dealkylation sites (tertiary alicyclic amines) is 1. The summed E-state index contributed by atoms with van der Waals surface area (Å²) in [6.07, 6.45) is 7.05. The lowest BCUT2D eigenvalue weighted by molar-refractivity contribution is -0.130. The van der Waals surface area contributed by atoms with E-state index in [0.29, 0.717) is 36.6 Å². The van der Waals surface area contributed by atoms with E-state index in [9.17, 15) is 9.59 Å². The van der Waals surface area contributed by atoms with Gasteiger partial charge in [-0.15, -0.1) is 0 Å². The molecule has 2 saturated carbocycles. The molecule has 3 fully saturated rings. The second-order valence-corrected chi connectivity index (χ2v) is 11.2. The van der Waals surface area contributed by atoms with Gasteiger partial charge in [0, 0.05) is 36.9 Å². The van der Waals surface area contributed by atoms with Crippen LogP contribution >= 0.6 is 0 Å². The molecule has 180 valence electrons. The van der Waals surface area contributed by atoms with E-state index in [0.717, 1.165) is 44.6 Å². The van der Waals surface area contributed by atoms with Gasteiger partial charge < -0.3 is 10.1 Å². The summed E-state index contributed by atoms with van der Waals surface area (Å²) in [5.41, 5.74) is 2.51. The molecule has 4 aliphatic rings. The third-order valence-electron chi connectivity index (χ3n) is 9.45. The van der Waals surface area contributed by atoms with Crippen molar-refractivity contribution >= 4 is 11.7 Å². The average Bonchev–Trinajstić information content (AvgIpc) is 3.33. The van der Waals surface area contributed by atoms with Crippen LogP contribution in [-0.2, 0) is 16.0 Å². The summed E-state index contributed by atoms with van der Waals surface area (Å²) in [6.45, 7) is 9.97. The van der Waals surface area contributed by atoms with Crippen LogP contribution in [0.15, 0.2) is 18.2 Å². The Morgan fingerprint density at radius 1 is 1.27 bits per heavy atom. The minimum Gasteiger partial charge on any atom is -0.492 e. The van der Waals surface area contributed by atoms with Crippen LogP contribution in [0.2, 0.25) is 0 Å². The number of fused-ring (bicyclic) bond motifs is 5. The fourth-order valence-corrected chi connectivity index (χ4v) is 7.69. The van der Waals surface area contributed by atoms with Gasteiger partial charge in [0.1, 0.15) is 18.1 Å². The van der Waals surface area contributed by atoms with Crippen molar-refractivity contribution in [2.75, 3.05) is 26.2 Å². The number of Topliss-reactive ketones (excluding diaryl/α,β-unsaturated/α-hetero) is 1. The zero-order chi connectivity index (χ0) is 23.2. The number of aryl methyl sites for hydroxylation is 1. The van der Waals surface area contributed by atoms with Gasteiger partial charge in [-0.25, -0.2) is 0 Å². The first-order valence-electron chi connectivity index (χ1n) is 13.2. The van der Waals surface area contributed by atoms with Crippen molar-refractivity contribution in [1.29, 1.82) is 0 Å². The van der Waals surface area contributed by atoms with E-state index in [1.165, 1.54) is 30.5 Å². The highest BCUT2D eigenvalue weighted by molar-refractivity contribution is 5.94. The van der Waals surface area contributed by atoms with E-state index in [1.807, 2.05) is 6.92 Å². The van der Waals surface area contributed by atoms with Crippen molar-refractivity contribution in [3.05, 3.63) is 29.3 Å². The SMILES string of the molecule is CCNC(=O)C1CC(=O)C2(C)CCC3c4ccc(OCCN5CCCC5C)cc4CCC3C12. The molecule has 0 bridgehead atoms. The molecule has 1 aliphatic heterocycles. The van der Waals surface area contributed by atoms with E-state index in [-0.39, 0.29) is 23.2 Å². The average molecular weight is 453 g/mol. The van der Waals surface area contributed by atoms with Crippen molar-refractivity contribution in [2.45, 2.75) is 77.7 Å². The van der Waals surface area contributed by atoms with Crippen LogP contribution in [0.1, 0.15) is 76.3 Å². The molecule has 1 aromatic carbocycles. The summed E-state index contributed by atoms with van der Waals surface area (Å²) >= 11 is 0. The van der Waals surface area contributed by atoms with Crippen LogP contribution in [-0.4, -0.2) is 48.9 Å². The zero-order valence-electron chi connectivity index (χ0n) is 20.6. The lowest BCUT2D eigenvalue weighted by Crippen LogP contribution is -2.46. The van der Waals surface area contributed by atoms with E-state index in [4.69, 9.17) is 4.74 Å². The highest BCUT2D eigenvalue weighted by atomic mass is 16.5. The molecule has 5 nitrogen and oxygen atoms in total. The molecule has 1 heterocycles. The van der Waals surface area contributed by atoms with Crippen LogP contribution in [0, 0.1) is 23.2 Å². The fourth-order valence-electron chi connectivity index (χ4n) is 7.69. The van der Waals surface area contributed by atoms with Crippen molar-refractivity contribution in [3.63, 3.8) is 0 Å². The normalized spacial score (nSPS) is 35.6. The van der Waals surface area contributed by atoms with E-state index >= 15 is 0 Å². The van der Waals surface area contributed by atoms with Gasteiger partial charge in [0.2, 0.25) is 5.91 Å². The second-order valence-electron chi connectivity index (χ2n) is 11.2. The Hall–Kier alpha value is -1.88. The first-order valence-corrected chi connectivity index (χ1v) is 13.2. The Morgan fingerprint density at radius 3 is 2.88 bits per heavy atom. The molecule has 33 heavy (non-hydrogen) atoms. The van der Waals surface area contributed by atoms with Crippen molar-refractivity contribution in [2.24, 2.45) is 23.2 Å². The van der Waals surface area contributed by atoms with Crippen molar-refractivity contribution < 1.29 is 14.3 Å². The molecular formula is C28H40N2O3. The second kappa shape index (κ2) is 9.05. The minimum absolute atomic E-state index is 0.0853. The maximum atomic E-state index is 13.0. The number of rotatable bonds is 6. The molecule has 1 saturated heterocycles. The molecule has 1 amide bonds. The number of hydrogen-bond donors (Lipinski definition) is 1. The Kier molecular flexibility index (Phi) is 6.28. The maximum absolute atomic E-state index is 13.0. The number of ketones is 1. The van der Waals surface area contributed by atoms with E-state index < -0.39 is 0 Å². The van der Waals surface area contributed by atoms with E-state index in [1.54, 1.807) is 0 Å². The quantitative estimate of drug-likeness (QED) is 0.698. The standard InChI is InChI=1S/C28H40N2O3/c1-4-29-27(32)24-17-25(31)28(3)12-11-22-21-10-8-20(16-19(21)7-9-23(22)26(24)28)33-15-14-30-13-5-6-18(30)2/h8,10,16,18,22-24,26H,4-7,9,11-15,17H2,1-3H3,(H,29,32). The van der Waals surface area contributed by atoms with Gasteiger partial charge in [0.15, 0.2) is 0 Å². The Morgan fingerprint density at radius 2 is 2.12 bits per heavy atom. The molecule has 0 radical (unpaired) electrons. The number of benzene rings is 1. The van der Waals surface area contributed by atoms with Gasteiger partial charge in [0.05, 0.1) is 0 Å². The molecular weight excluding hydrogens is 412 g/mol. The molecule has 1 aromatic rings. The third-order valence-corrected chi connectivity index (χ3v) is 9.45. The Labute approximate surface area is 198 Å². The molecule has 0 aromatic heterocycles. The molecule has 5 rings (SSSR count). The molecule has 1 N–H and O–H groups in total. The van der Waals surface area contributed by atoms with Gasteiger partial charge in [0.25, 0.3) is 0 Å². The number of nitrogens with zero attached hydrogens (tertiary/aromatic N) is 1. The number of carbonyl (C=O) groups excluding carboxylic acids is 2. The fraction of sp³-hybridized carbons (Fsp3) is 0.714. The number of carbonyl (C=O) groups is 2. The molecule has 3 aliphatic carbocycles. The lowest BCUT2D eigenvalue weighted by atomic mass is 9.54. The highest BCUT2D eigenvalue weighted by Gasteiger charge is 2.60. The van der Waals surface area contributed by atoms with Crippen LogP contribution in [0.5, 0.6) is 5.75 Å². The smallest absolute Gasteiger partial charge is 0.223 e. The number of amides is 1. The predicted octanol–water partition coefficient (Wildman–Crippen LogP) is 4.34. The van der Waals surface area contributed by atoms with Gasteiger partial charge in [-0.1, -0.05) is 13.0 Å². The topological polar surface area (TPSA) is 58.6 Å². The number of nitrogens with one attached hydrogen (secondary N) is 1. The number of hydrogen-bond acceptors (Lipinski definition) is 4. The van der Waals surface area contributed by atoms with Crippen molar-refractivity contribution in [1.82, 2.24) is 10.2 Å². The molecule has 5 heteroatoms. The lowest BCUT2D eigenvalue weighted by Gasteiger charge is -2.49. The van der Waals surface area contributed by atoms with Gasteiger partial charge in [-0.2, -0.15) is 0 Å². The van der Waals surface area contributed by atoms with E-state index in [2.05, 4.69) is 42.3 Å². The highest BCUT2D eigenvalue weighted by Crippen LogP contribution is 2.61. The zero-order valence-corrected chi connectivity index (χ0v) is 20.6. The predicted molar refractivity (Wildman–Crippen MR) is 129 cm³/mol.